The van der Waals surface area contributed by atoms with Crippen molar-refractivity contribution in [1.29, 1.82) is 0 Å². The summed E-state index contributed by atoms with van der Waals surface area (Å²) in [6, 6.07) is 7.46. The van der Waals surface area contributed by atoms with Gasteiger partial charge in [-0.15, -0.1) is 0 Å². The van der Waals surface area contributed by atoms with Crippen molar-refractivity contribution in [1.82, 2.24) is 5.32 Å². The maximum Gasteiger partial charge on any atom is 0.516 e. The number of halogens is 3. The van der Waals surface area contributed by atoms with Crippen LogP contribution in [0.5, 0.6) is 5.75 Å². The topological polar surface area (TPSA) is 201 Å². The van der Waals surface area contributed by atoms with Crippen molar-refractivity contribution < 1.29 is 56.3 Å². The lowest BCUT2D eigenvalue weighted by molar-refractivity contribution is -0.243. The lowest BCUT2D eigenvalue weighted by Crippen LogP contribution is -2.65. The van der Waals surface area contributed by atoms with E-state index < -0.39 is 64.6 Å². The molecule has 0 bridgehead atoms. The number of nitrogen functional groups attached to an aromatic ring is 1. The minimum atomic E-state index is -5.70. The summed E-state index contributed by atoms with van der Waals surface area (Å²) in [5.74, 6) is -0.0895. The summed E-state index contributed by atoms with van der Waals surface area (Å²) in [6.07, 6.45) is -7.93. The molecule has 3 rings (SSSR count). The van der Waals surface area contributed by atoms with Gasteiger partial charge in [-0.05, 0) is 29.8 Å². The molecule has 198 valence electrons. The number of aliphatic hydroxyl groups is 3. The maximum absolute atomic E-state index is 12.8. The largest absolute Gasteiger partial charge is 0.516 e. The van der Waals surface area contributed by atoms with Crippen LogP contribution in [0.4, 0.5) is 29.3 Å². The van der Waals surface area contributed by atoms with E-state index in [1.807, 2.05) is 5.32 Å². The summed E-state index contributed by atoms with van der Waals surface area (Å²) < 4.78 is 73.9. The van der Waals surface area contributed by atoms with E-state index in [0.717, 1.165) is 12.1 Å². The van der Waals surface area contributed by atoms with Crippen LogP contribution in [-0.4, -0.2) is 77.7 Å². The van der Waals surface area contributed by atoms with Crippen LogP contribution >= 0.6 is 0 Å². The summed E-state index contributed by atoms with van der Waals surface area (Å²) in [7, 11) is -5.70. The number of nitrogens with one attached hydrogen (secondary N) is 2. The molecule has 12 nitrogen and oxygen atoms in total. The molecule has 0 spiro atoms. The number of aliphatic hydroxyl groups excluding tert-OH is 3. The van der Waals surface area contributed by atoms with Gasteiger partial charge in [0, 0.05) is 16.9 Å². The number of hydrogen-bond donors (Lipinski definition) is 7. The number of anilines is 2. The van der Waals surface area contributed by atoms with Gasteiger partial charge in [0.2, 0.25) is 6.29 Å². The van der Waals surface area contributed by atoms with Gasteiger partial charge in [-0.2, -0.15) is 21.6 Å². The van der Waals surface area contributed by atoms with E-state index in [1.165, 1.54) is 35.1 Å². The van der Waals surface area contributed by atoms with E-state index in [0.29, 0.717) is 0 Å². The molecule has 3 unspecified atom stereocenters. The first-order valence-electron chi connectivity index (χ1n) is 10.1. The lowest BCUT2D eigenvalue weighted by atomic mass is 9.97. The van der Waals surface area contributed by atoms with Crippen LogP contribution in [0.1, 0.15) is 0 Å². The molecule has 16 heteroatoms. The zero-order valence-corrected chi connectivity index (χ0v) is 18.9. The Morgan fingerprint density at radius 2 is 1.81 bits per heavy atom. The zero-order valence-electron chi connectivity index (χ0n) is 18.1. The second-order valence-corrected chi connectivity index (χ2v) is 9.33. The Hall–Kier alpha value is -3.31. The first-order valence-corrected chi connectivity index (χ1v) is 11.6. The number of benzene rings is 2. The number of alkyl halides is 3. The van der Waals surface area contributed by atoms with Gasteiger partial charge in [-0.25, -0.2) is 4.79 Å². The molecule has 2 aromatic carbocycles. The number of hydrogen-bond acceptors (Lipinski definition) is 9. The van der Waals surface area contributed by atoms with Crippen molar-refractivity contribution in [3.63, 3.8) is 0 Å². The quantitative estimate of drug-likeness (QED) is 0.246. The van der Waals surface area contributed by atoms with E-state index in [-0.39, 0.29) is 22.6 Å². The normalized spacial score (nSPS) is 24.7. The van der Waals surface area contributed by atoms with Crippen LogP contribution in [0.15, 0.2) is 42.5 Å². The van der Waals surface area contributed by atoms with Crippen molar-refractivity contribution in [3.05, 3.63) is 42.5 Å². The molecule has 1 amide bonds. The highest BCUT2D eigenvalue weighted by Gasteiger charge is 2.47. The third kappa shape index (κ3) is 5.73. The Morgan fingerprint density at radius 3 is 2.42 bits per heavy atom. The SMILES string of the molecule is Nc1cccc(O[C@@H]2OC(CO)[C@H](O)C(O)C2NC(=O)O)c1-c1cccc(NS(=O)(=O)C(F)(F)F)c1. The number of carbonyl (C=O) groups is 1. The van der Waals surface area contributed by atoms with Crippen molar-refractivity contribution in [2.75, 3.05) is 17.1 Å². The van der Waals surface area contributed by atoms with Crippen LogP contribution in [0, 0.1) is 0 Å². The summed E-state index contributed by atoms with van der Waals surface area (Å²) in [4.78, 5) is 11.2. The molecule has 0 saturated carbocycles. The maximum atomic E-state index is 12.8. The van der Waals surface area contributed by atoms with Crippen molar-refractivity contribution >= 4 is 27.5 Å². The third-order valence-electron chi connectivity index (χ3n) is 5.18. The van der Waals surface area contributed by atoms with E-state index in [1.54, 1.807) is 0 Å². The molecule has 1 heterocycles. The molecule has 0 aromatic heterocycles. The van der Waals surface area contributed by atoms with Crippen LogP contribution in [0.25, 0.3) is 11.1 Å². The first-order chi connectivity index (χ1) is 16.7. The van der Waals surface area contributed by atoms with Crippen LogP contribution in [0.2, 0.25) is 0 Å². The highest BCUT2D eigenvalue weighted by Crippen LogP contribution is 2.38. The van der Waals surface area contributed by atoms with Gasteiger partial charge < -0.3 is 41.0 Å². The van der Waals surface area contributed by atoms with Gasteiger partial charge in [-0.1, -0.05) is 18.2 Å². The Labute approximate surface area is 202 Å². The molecule has 1 aliphatic rings. The number of nitrogens with two attached hydrogens (primary N) is 1. The number of carboxylic acid groups (broad SMARTS) is 1. The number of ether oxygens (including phenoxy) is 2. The molecule has 8 N–H and O–H groups in total. The predicted octanol–water partition coefficient (Wildman–Crippen LogP) is 0.651. The smallest absolute Gasteiger partial charge is 0.465 e. The molecule has 36 heavy (non-hydrogen) atoms. The molecule has 1 fully saturated rings. The summed E-state index contributed by atoms with van der Waals surface area (Å²) >= 11 is 0. The summed E-state index contributed by atoms with van der Waals surface area (Å²) in [5.41, 5.74) is 0.289. The fourth-order valence-corrected chi connectivity index (χ4v) is 4.06. The Morgan fingerprint density at radius 1 is 1.14 bits per heavy atom. The molecular weight excluding hydrogens is 515 g/mol. The van der Waals surface area contributed by atoms with Gasteiger partial charge >= 0.3 is 21.6 Å². The standard InChI is InChI=1S/C20H22F3N3O9S/c21-20(22,23)36(32,33)26-10-4-1-3-9(7-10)14-11(24)5-2-6-12(14)34-18-15(25-19(30)31)17(29)16(28)13(8-27)35-18/h1-7,13,15-18,25-29H,8,24H2,(H,30,31)/t13?,15?,16-,17?,18+/m0/s1. The molecule has 1 aliphatic heterocycles. The summed E-state index contributed by atoms with van der Waals surface area (Å²) in [6.45, 7) is -0.747. The number of amides is 1. The predicted molar refractivity (Wildman–Crippen MR) is 118 cm³/mol. The average molecular weight is 537 g/mol. The van der Waals surface area contributed by atoms with E-state index >= 15 is 0 Å². The van der Waals surface area contributed by atoms with E-state index in [9.17, 15) is 41.7 Å². The Bertz CT molecular complexity index is 1210. The Kier molecular flexibility index (Phi) is 7.85. The molecule has 5 atom stereocenters. The van der Waals surface area contributed by atoms with Crippen molar-refractivity contribution in [2.24, 2.45) is 0 Å². The molecule has 2 aromatic rings. The van der Waals surface area contributed by atoms with Gasteiger partial charge in [0.1, 0.15) is 30.1 Å². The Balaban J connectivity index is 2.00. The minimum absolute atomic E-state index is 0.0428. The lowest BCUT2D eigenvalue weighted by Gasteiger charge is -2.41. The average Bonchev–Trinajstić information content (AvgIpc) is 2.77. The highest BCUT2D eigenvalue weighted by molar-refractivity contribution is 7.93. The van der Waals surface area contributed by atoms with Crippen LogP contribution < -0.4 is 20.5 Å². The van der Waals surface area contributed by atoms with E-state index in [4.69, 9.17) is 20.3 Å². The minimum Gasteiger partial charge on any atom is -0.465 e. The fraction of sp³-hybridized carbons (Fsp3) is 0.350. The second-order valence-electron chi connectivity index (χ2n) is 7.65. The molecular formula is C20H22F3N3O9S. The highest BCUT2D eigenvalue weighted by atomic mass is 32.2. The molecule has 0 radical (unpaired) electrons. The fourth-order valence-electron chi connectivity index (χ4n) is 3.51. The second kappa shape index (κ2) is 10.4. The number of rotatable bonds is 7. The van der Waals surface area contributed by atoms with Gasteiger partial charge in [0.05, 0.1) is 6.61 Å². The van der Waals surface area contributed by atoms with Crippen LogP contribution in [-0.2, 0) is 14.8 Å². The van der Waals surface area contributed by atoms with Gasteiger partial charge in [-0.3, -0.25) is 4.72 Å². The first kappa shape index (κ1) is 27.3. The van der Waals surface area contributed by atoms with Crippen molar-refractivity contribution in [3.8, 4) is 16.9 Å². The molecule has 1 saturated heterocycles. The van der Waals surface area contributed by atoms with Gasteiger partial charge in [0.25, 0.3) is 0 Å². The number of sulfonamides is 1. The monoisotopic (exact) mass is 537 g/mol. The van der Waals surface area contributed by atoms with Gasteiger partial charge in [0.15, 0.2) is 0 Å². The molecule has 0 aliphatic carbocycles. The zero-order chi connectivity index (χ0) is 26.8. The summed E-state index contributed by atoms with van der Waals surface area (Å²) in [5, 5.41) is 41.0. The van der Waals surface area contributed by atoms with Crippen molar-refractivity contribution in [2.45, 2.75) is 36.2 Å². The van der Waals surface area contributed by atoms with Crippen LogP contribution in [0.3, 0.4) is 0 Å². The third-order valence-corrected chi connectivity index (χ3v) is 6.29. The van der Waals surface area contributed by atoms with E-state index in [2.05, 4.69) is 0 Å².